The number of likely N-dealkylation sites (tertiary alicyclic amines) is 1. The van der Waals surface area contributed by atoms with Crippen LogP contribution in [0.3, 0.4) is 0 Å². The lowest BCUT2D eigenvalue weighted by Crippen LogP contribution is -2.34. The molecule has 3 aromatic rings. The Labute approximate surface area is 172 Å². The highest BCUT2D eigenvalue weighted by molar-refractivity contribution is 5.66. The maximum Gasteiger partial charge on any atom is 0.416 e. The van der Waals surface area contributed by atoms with Crippen LogP contribution in [0, 0.1) is 0 Å². The van der Waals surface area contributed by atoms with Crippen molar-refractivity contribution in [2.45, 2.75) is 38.1 Å². The fourth-order valence-electron chi connectivity index (χ4n) is 4.08. The number of aromatic nitrogens is 2. The van der Waals surface area contributed by atoms with Crippen LogP contribution in [0.1, 0.15) is 41.5 Å². The van der Waals surface area contributed by atoms with Crippen LogP contribution in [0.15, 0.2) is 47.0 Å². The Balaban J connectivity index is 1.50. The van der Waals surface area contributed by atoms with Gasteiger partial charge in [-0.3, -0.25) is 10.00 Å². The molecule has 30 heavy (non-hydrogen) atoms. The Morgan fingerprint density at radius 1 is 1.23 bits per heavy atom. The van der Waals surface area contributed by atoms with E-state index < -0.39 is 11.7 Å². The van der Waals surface area contributed by atoms with Crippen LogP contribution in [-0.2, 0) is 24.1 Å². The zero-order chi connectivity index (χ0) is 21.1. The van der Waals surface area contributed by atoms with Crippen LogP contribution in [0.5, 0.6) is 0 Å². The topological polar surface area (TPSA) is 54.3 Å². The summed E-state index contributed by atoms with van der Waals surface area (Å²) in [6.07, 6.45) is -0.797. The molecule has 4 rings (SSSR count). The maximum atomic E-state index is 13.1. The van der Waals surface area contributed by atoms with Crippen molar-refractivity contribution in [2.75, 3.05) is 20.2 Å². The lowest BCUT2D eigenvalue weighted by molar-refractivity contribution is -0.137. The van der Waals surface area contributed by atoms with Gasteiger partial charge in [0.05, 0.1) is 18.3 Å². The molecular weight excluding hydrogens is 395 g/mol. The van der Waals surface area contributed by atoms with E-state index in [0.717, 1.165) is 54.8 Å². The Bertz CT molecular complexity index is 980. The largest absolute Gasteiger partial charge is 0.462 e. The molecule has 1 aliphatic rings. The first-order valence-electron chi connectivity index (χ1n) is 9.94. The smallest absolute Gasteiger partial charge is 0.416 e. The first-order chi connectivity index (χ1) is 14.4. The molecule has 0 bridgehead atoms. The van der Waals surface area contributed by atoms with Gasteiger partial charge in [-0.2, -0.15) is 18.3 Å². The molecule has 1 N–H and O–H groups in total. The number of piperidine rings is 1. The minimum absolute atomic E-state index is 0.166. The van der Waals surface area contributed by atoms with E-state index in [1.807, 2.05) is 12.1 Å². The molecule has 8 heteroatoms. The predicted molar refractivity (Wildman–Crippen MR) is 106 cm³/mol. The van der Waals surface area contributed by atoms with Crippen molar-refractivity contribution in [1.82, 2.24) is 15.1 Å². The van der Waals surface area contributed by atoms with Gasteiger partial charge in [0.1, 0.15) is 18.1 Å². The summed E-state index contributed by atoms with van der Waals surface area (Å²) in [6, 6.07) is 9.30. The van der Waals surface area contributed by atoms with E-state index in [2.05, 4.69) is 15.1 Å². The first-order valence-corrected chi connectivity index (χ1v) is 9.94. The molecule has 1 aromatic carbocycles. The van der Waals surface area contributed by atoms with Gasteiger partial charge in [-0.25, -0.2) is 0 Å². The molecule has 2 aromatic heterocycles. The average Bonchev–Trinajstić information content (AvgIpc) is 3.38. The SMILES string of the molecule is COCc1ccc(CN2CCCC(c3[nH]ncc3-c3cccc(C(F)(F)F)c3)C2)o1. The Kier molecular flexibility index (Phi) is 5.97. The molecule has 0 spiro atoms. The molecular formula is C22H24F3N3O2. The number of furan rings is 1. The van der Waals surface area contributed by atoms with Crippen molar-refractivity contribution in [3.8, 4) is 11.1 Å². The van der Waals surface area contributed by atoms with Gasteiger partial charge in [0.2, 0.25) is 0 Å². The average molecular weight is 419 g/mol. The summed E-state index contributed by atoms with van der Waals surface area (Å²) in [6.45, 7) is 2.86. The number of hydrogen-bond acceptors (Lipinski definition) is 4. The van der Waals surface area contributed by atoms with Gasteiger partial charge < -0.3 is 9.15 Å². The molecule has 1 fully saturated rings. The normalized spacial score (nSPS) is 18.1. The number of nitrogens with one attached hydrogen (secondary N) is 1. The van der Waals surface area contributed by atoms with Crippen molar-refractivity contribution < 1.29 is 22.3 Å². The number of hydrogen-bond donors (Lipinski definition) is 1. The van der Waals surface area contributed by atoms with E-state index in [4.69, 9.17) is 9.15 Å². The van der Waals surface area contributed by atoms with E-state index in [1.54, 1.807) is 19.4 Å². The highest BCUT2D eigenvalue weighted by Crippen LogP contribution is 2.36. The standard InChI is InChI=1S/C22H24F3N3O2/c1-29-14-19-8-7-18(30-19)13-28-9-3-5-16(12-28)21-20(11-26-27-21)15-4-2-6-17(10-15)22(23,24)25/h2,4,6-8,10-11,16H,3,5,9,12-14H2,1H3,(H,26,27). The summed E-state index contributed by atoms with van der Waals surface area (Å²) in [5.41, 5.74) is 1.50. The van der Waals surface area contributed by atoms with Crippen LogP contribution in [0.4, 0.5) is 13.2 Å². The van der Waals surface area contributed by atoms with Crippen molar-refractivity contribution in [1.29, 1.82) is 0 Å². The molecule has 1 atom stereocenters. The van der Waals surface area contributed by atoms with Crippen molar-refractivity contribution in [2.24, 2.45) is 0 Å². The molecule has 0 saturated carbocycles. The number of H-pyrrole nitrogens is 1. The zero-order valence-corrected chi connectivity index (χ0v) is 16.7. The highest BCUT2D eigenvalue weighted by Gasteiger charge is 2.31. The van der Waals surface area contributed by atoms with E-state index in [9.17, 15) is 13.2 Å². The van der Waals surface area contributed by atoms with Crippen LogP contribution in [0.2, 0.25) is 0 Å². The molecule has 3 heterocycles. The van der Waals surface area contributed by atoms with Crippen molar-refractivity contribution in [3.63, 3.8) is 0 Å². The second-order valence-electron chi connectivity index (χ2n) is 7.65. The van der Waals surface area contributed by atoms with Crippen LogP contribution < -0.4 is 0 Å². The summed E-state index contributed by atoms with van der Waals surface area (Å²) in [4.78, 5) is 2.31. The summed E-state index contributed by atoms with van der Waals surface area (Å²) >= 11 is 0. The zero-order valence-electron chi connectivity index (χ0n) is 16.7. The molecule has 1 saturated heterocycles. The van der Waals surface area contributed by atoms with Gasteiger partial charge in [-0.1, -0.05) is 12.1 Å². The summed E-state index contributed by atoms with van der Waals surface area (Å²) in [7, 11) is 1.63. The van der Waals surface area contributed by atoms with Crippen molar-refractivity contribution in [3.05, 3.63) is 65.4 Å². The molecule has 5 nitrogen and oxygen atoms in total. The summed E-state index contributed by atoms with van der Waals surface area (Å²) in [5, 5.41) is 7.18. The van der Waals surface area contributed by atoms with Crippen molar-refractivity contribution >= 4 is 0 Å². The number of rotatable bonds is 6. The molecule has 0 aliphatic carbocycles. The lowest BCUT2D eigenvalue weighted by Gasteiger charge is -2.32. The molecule has 1 unspecified atom stereocenters. The number of benzene rings is 1. The fraction of sp³-hybridized carbons (Fsp3) is 0.409. The molecule has 0 amide bonds. The third-order valence-corrected chi connectivity index (χ3v) is 5.47. The number of methoxy groups -OCH3 is 1. The number of halogens is 3. The van der Waals surface area contributed by atoms with E-state index in [0.29, 0.717) is 18.7 Å². The summed E-state index contributed by atoms with van der Waals surface area (Å²) in [5.74, 6) is 1.84. The molecule has 160 valence electrons. The quantitative estimate of drug-likeness (QED) is 0.596. The van der Waals surface area contributed by atoms with E-state index in [1.165, 1.54) is 12.1 Å². The van der Waals surface area contributed by atoms with Gasteiger partial charge in [0.15, 0.2) is 0 Å². The van der Waals surface area contributed by atoms with E-state index >= 15 is 0 Å². The second kappa shape index (κ2) is 8.65. The van der Waals surface area contributed by atoms with Gasteiger partial charge in [-0.15, -0.1) is 0 Å². The van der Waals surface area contributed by atoms with Gasteiger partial charge >= 0.3 is 6.18 Å². The monoisotopic (exact) mass is 419 g/mol. The summed E-state index contributed by atoms with van der Waals surface area (Å²) < 4.78 is 50.3. The number of nitrogens with zero attached hydrogens (tertiary/aromatic N) is 2. The number of ether oxygens (including phenoxy) is 1. The van der Waals surface area contributed by atoms with Crippen LogP contribution in [-0.4, -0.2) is 35.3 Å². The second-order valence-corrected chi connectivity index (χ2v) is 7.65. The Morgan fingerprint density at radius 3 is 2.87 bits per heavy atom. The number of alkyl halides is 3. The Hall–Kier alpha value is -2.58. The van der Waals surface area contributed by atoms with Crippen LogP contribution >= 0.6 is 0 Å². The van der Waals surface area contributed by atoms with E-state index in [-0.39, 0.29) is 5.92 Å². The van der Waals surface area contributed by atoms with Gasteiger partial charge in [0.25, 0.3) is 0 Å². The molecule has 1 aliphatic heterocycles. The number of aromatic amines is 1. The fourth-order valence-corrected chi connectivity index (χ4v) is 4.08. The first kappa shape index (κ1) is 20.7. The third-order valence-electron chi connectivity index (χ3n) is 5.47. The van der Waals surface area contributed by atoms with Gasteiger partial charge in [0, 0.05) is 30.8 Å². The predicted octanol–water partition coefficient (Wildman–Crippen LogP) is 5.21. The molecule has 0 radical (unpaired) electrons. The minimum Gasteiger partial charge on any atom is -0.462 e. The third kappa shape index (κ3) is 4.60. The lowest BCUT2D eigenvalue weighted by atomic mass is 9.90. The van der Waals surface area contributed by atoms with Crippen LogP contribution in [0.25, 0.3) is 11.1 Å². The highest BCUT2D eigenvalue weighted by atomic mass is 19.4. The maximum absolute atomic E-state index is 13.1. The Morgan fingerprint density at radius 2 is 2.07 bits per heavy atom. The minimum atomic E-state index is -4.37. The van der Waals surface area contributed by atoms with Gasteiger partial charge in [-0.05, 0) is 49.2 Å².